The molecule has 5 nitrogen and oxygen atoms in total. The zero-order chi connectivity index (χ0) is 15.0. The van der Waals surface area contributed by atoms with Crippen LogP contribution in [0.2, 0.25) is 5.02 Å². The standard InChI is InChI=1S/C15H18ClN3O2/c1-18(2)14(20)10-4-3-7-19(9-10)15-17-12-6-5-11(16)8-13(12)21-15/h5-6,8,10H,3-4,7,9H2,1-2H3. The summed E-state index contributed by atoms with van der Waals surface area (Å²) in [5.74, 6) is 0.172. The van der Waals surface area contributed by atoms with E-state index in [1.807, 2.05) is 11.0 Å². The van der Waals surface area contributed by atoms with Crippen LogP contribution in [0.3, 0.4) is 0 Å². The van der Waals surface area contributed by atoms with Crippen LogP contribution in [0.4, 0.5) is 6.01 Å². The zero-order valence-electron chi connectivity index (χ0n) is 12.2. The number of hydrogen-bond acceptors (Lipinski definition) is 4. The molecule has 1 aromatic heterocycles. The van der Waals surface area contributed by atoms with Crippen LogP contribution < -0.4 is 4.90 Å². The number of nitrogens with zero attached hydrogens (tertiary/aromatic N) is 3. The minimum absolute atomic E-state index is 0.00681. The number of hydrogen-bond donors (Lipinski definition) is 0. The molecule has 0 aliphatic carbocycles. The molecule has 0 radical (unpaired) electrons. The van der Waals surface area contributed by atoms with E-state index in [4.69, 9.17) is 16.0 Å². The van der Waals surface area contributed by atoms with Crippen molar-refractivity contribution >= 4 is 34.6 Å². The summed E-state index contributed by atoms with van der Waals surface area (Å²) in [4.78, 5) is 20.3. The Hall–Kier alpha value is -1.75. The van der Waals surface area contributed by atoms with Gasteiger partial charge in [-0.1, -0.05) is 11.6 Å². The Morgan fingerprint density at radius 1 is 1.48 bits per heavy atom. The molecule has 1 aromatic carbocycles. The van der Waals surface area contributed by atoms with Crippen molar-refractivity contribution in [3.8, 4) is 0 Å². The number of benzene rings is 1. The van der Waals surface area contributed by atoms with Gasteiger partial charge in [-0.05, 0) is 25.0 Å². The first-order chi connectivity index (χ1) is 10.0. The summed E-state index contributed by atoms with van der Waals surface area (Å²) in [5, 5.41) is 0.629. The Kier molecular flexibility index (Phi) is 3.76. The van der Waals surface area contributed by atoms with Crippen molar-refractivity contribution in [3.05, 3.63) is 23.2 Å². The van der Waals surface area contributed by atoms with Crippen molar-refractivity contribution < 1.29 is 9.21 Å². The number of halogens is 1. The molecule has 1 saturated heterocycles. The number of carbonyl (C=O) groups excluding carboxylic acids is 1. The van der Waals surface area contributed by atoms with E-state index in [0.717, 1.165) is 24.9 Å². The Morgan fingerprint density at radius 2 is 2.29 bits per heavy atom. The van der Waals surface area contributed by atoms with Gasteiger partial charge in [0.1, 0.15) is 5.52 Å². The largest absolute Gasteiger partial charge is 0.423 e. The third-order valence-electron chi connectivity index (χ3n) is 3.82. The highest BCUT2D eigenvalue weighted by Crippen LogP contribution is 2.28. The lowest BCUT2D eigenvalue weighted by Crippen LogP contribution is -2.42. The summed E-state index contributed by atoms with van der Waals surface area (Å²) in [6.45, 7) is 1.51. The fourth-order valence-corrected chi connectivity index (χ4v) is 2.90. The van der Waals surface area contributed by atoms with E-state index in [0.29, 0.717) is 23.2 Å². The second-order valence-corrected chi connectivity index (χ2v) is 6.06. The molecule has 112 valence electrons. The van der Waals surface area contributed by atoms with Crippen LogP contribution in [-0.2, 0) is 4.79 Å². The molecule has 0 bridgehead atoms. The molecule has 0 N–H and O–H groups in total. The molecule has 1 unspecified atom stereocenters. The first-order valence-electron chi connectivity index (χ1n) is 7.07. The van der Waals surface area contributed by atoms with Crippen molar-refractivity contribution in [3.63, 3.8) is 0 Å². The highest BCUT2D eigenvalue weighted by molar-refractivity contribution is 6.31. The minimum Gasteiger partial charge on any atom is -0.423 e. The van der Waals surface area contributed by atoms with Crippen LogP contribution in [0.1, 0.15) is 12.8 Å². The Balaban J connectivity index is 1.83. The molecule has 1 atom stereocenters. The fourth-order valence-electron chi connectivity index (χ4n) is 2.74. The monoisotopic (exact) mass is 307 g/mol. The number of piperidine rings is 1. The van der Waals surface area contributed by atoms with E-state index in [2.05, 4.69) is 4.98 Å². The molecule has 2 heterocycles. The smallest absolute Gasteiger partial charge is 0.298 e. The fraction of sp³-hybridized carbons (Fsp3) is 0.467. The van der Waals surface area contributed by atoms with Crippen LogP contribution in [0, 0.1) is 5.92 Å². The van der Waals surface area contributed by atoms with Gasteiger partial charge in [0.25, 0.3) is 6.01 Å². The maximum Gasteiger partial charge on any atom is 0.298 e. The van der Waals surface area contributed by atoms with E-state index in [9.17, 15) is 4.79 Å². The molecule has 2 aromatic rings. The second-order valence-electron chi connectivity index (χ2n) is 5.63. The van der Waals surface area contributed by atoms with Crippen LogP contribution in [0.15, 0.2) is 22.6 Å². The van der Waals surface area contributed by atoms with Crippen molar-refractivity contribution in [2.75, 3.05) is 32.1 Å². The molecule has 21 heavy (non-hydrogen) atoms. The molecule has 0 saturated carbocycles. The van der Waals surface area contributed by atoms with E-state index in [-0.39, 0.29) is 11.8 Å². The second kappa shape index (κ2) is 5.56. The van der Waals surface area contributed by atoms with Gasteiger partial charge in [-0.25, -0.2) is 0 Å². The summed E-state index contributed by atoms with van der Waals surface area (Å²) >= 11 is 5.96. The lowest BCUT2D eigenvalue weighted by atomic mass is 9.97. The number of carbonyl (C=O) groups is 1. The van der Waals surface area contributed by atoms with Crippen molar-refractivity contribution in [1.82, 2.24) is 9.88 Å². The van der Waals surface area contributed by atoms with Gasteiger partial charge in [0, 0.05) is 38.3 Å². The number of amides is 1. The molecule has 1 aliphatic heterocycles. The Morgan fingerprint density at radius 3 is 3.05 bits per heavy atom. The molecule has 0 spiro atoms. The van der Waals surface area contributed by atoms with E-state index in [1.165, 1.54) is 0 Å². The van der Waals surface area contributed by atoms with Crippen molar-refractivity contribution in [2.24, 2.45) is 5.92 Å². The molecule has 6 heteroatoms. The molecule has 1 amide bonds. The molecule has 1 aliphatic rings. The van der Waals surface area contributed by atoms with E-state index >= 15 is 0 Å². The van der Waals surface area contributed by atoms with Gasteiger partial charge >= 0.3 is 0 Å². The number of rotatable bonds is 2. The number of oxazole rings is 1. The van der Waals surface area contributed by atoms with E-state index < -0.39 is 0 Å². The zero-order valence-corrected chi connectivity index (χ0v) is 12.9. The topological polar surface area (TPSA) is 49.6 Å². The third-order valence-corrected chi connectivity index (χ3v) is 4.06. The molecule has 3 rings (SSSR count). The van der Waals surface area contributed by atoms with Crippen LogP contribution in [0.25, 0.3) is 11.1 Å². The third kappa shape index (κ3) is 2.83. The Bertz CT molecular complexity index is 668. The lowest BCUT2D eigenvalue weighted by Gasteiger charge is -2.32. The summed E-state index contributed by atoms with van der Waals surface area (Å²) in [6, 6.07) is 5.98. The van der Waals surface area contributed by atoms with Crippen molar-refractivity contribution in [1.29, 1.82) is 0 Å². The van der Waals surface area contributed by atoms with Crippen LogP contribution in [0.5, 0.6) is 0 Å². The van der Waals surface area contributed by atoms with Crippen LogP contribution >= 0.6 is 11.6 Å². The van der Waals surface area contributed by atoms with E-state index in [1.54, 1.807) is 31.1 Å². The first-order valence-corrected chi connectivity index (χ1v) is 7.44. The normalized spacial score (nSPS) is 19.0. The average molecular weight is 308 g/mol. The maximum absolute atomic E-state index is 12.1. The van der Waals surface area contributed by atoms with Gasteiger partial charge < -0.3 is 14.2 Å². The predicted molar refractivity (Wildman–Crippen MR) is 82.7 cm³/mol. The van der Waals surface area contributed by atoms with Gasteiger partial charge in [-0.3, -0.25) is 4.79 Å². The lowest BCUT2D eigenvalue weighted by molar-refractivity contribution is -0.133. The number of anilines is 1. The minimum atomic E-state index is 0.00681. The average Bonchev–Trinajstić information content (AvgIpc) is 2.89. The highest BCUT2D eigenvalue weighted by atomic mass is 35.5. The quantitative estimate of drug-likeness (QED) is 0.856. The summed E-state index contributed by atoms with van der Waals surface area (Å²) < 4.78 is 5.78. The SMILES string of the molecule is CN(C)C(=O)C1CCCN(c2nc3ccc(Cl)cc3o2)C1. The Labute approximate surface area is 128 Å². The summed E-state index contributed by atoms with van der Waals surface area (Å²) in [6.07, 6.45) is 1.88. The number of fused-ring (bicyclic) bond motifs is 1. The summed E-state index contributed by atoms with van der Waals surface area (Å²) in [7, 11) is 3.59. The van der Waals surface area contributed by atoms with Gasteiger partial charge in [0.15, 0.2) is 5.58 Å². The summed E-state index contributed by atoms with van der Waals surface area (Å²) in [5.41, 5.74) is 1.47. The molecular formula is C15H18ClN3O2. The number of aromatic nitrogens is 1. The van der Waals surface area contributed by atoms with Gasteiger partial charge in [-0.2, -0.15) is 4.98 Å². The molecule has 1 fully saturated rings. The van der Waals surface area contributed by atoms with Gasteiger partial charge in [0.2, 0.25) is 5.91 Å². The van der Waals surface area contributed by atoms with Crippen LogP contribution in [-0.4, -0.2) is 43.0 Å². The van der Waals surface area contributed by atoms with Crippen molar-refractivity contribution in [2.45, 2.75) is 12.8 Å². The predicted octanol–water partition coefficient (Wildman–Crippen LogP) is 2.79. The van der Waals surface area contributed by atoms with Gasteiger partial charge in [0.05, 0.1) is 5.92 Å². The first kappa shape index (κ1) is 14.2. The maximum atomic E-state index is 12.1. The van der Waals surface area contributed by atoms with Gasteiger partial charge in [-0.15, -0.1) is 0 Å². The molecular weight excluding hydrogens is 290 g/mol. The highest BCUT2D eigenvalue weighted by Gasteiger charge is 2.29.